The third-order valence-corrected chi connectivity index (χ3v) is 1.59. The van der Waals surface area contributed by atoms with E-state index >= 15 is 0 Å². The van der Waals surface area contributed by atoms with Crippen molar-refractivity contribution in [2.45, 2.75) is 0 Å². The van der Waals surface area contributed by atoms with Crippen LogP contribution in [0.5, 0.6) is 0 Å². The number of nitrogens with one attached hydrogen (secondary N) is 1. The Morgan fingerprint density at radius 2 is 1.14 bits per heavy atom. The van der Waals surface area contributed by atoms with E-state index in [1.165, 1.54) is 24.3 Å². The number of hydrogen-bond acceptors (Lipinski definition) is 5. The molecular weight excluding hydrogens is 182 g/mol. The smallest absolute Gasteiger partial charge is 0.229 e. The van der Waals surface area contributed by atoms with Gasteiger partial charge < -0.3 is 5.21 Å². The third kappa shape index (κ3) is 1.20. The number of rotatable bonds is 0. The molecule has 0 aromatic rings. The lowest BCUT2D eigenvalue weighted by atomic mass is 10.2. The van der Waals surface area contributed by atoms with Gasteiger partial charge in [0.1, 0.15) is 24.3 Å². The van der Waals surface area contributed by atoms with Gasteiger partial charge in [-0.1, -0.05) is 0 Å². The Kier molecular flexibility index (Phi) is 2.29. The van der Waals surface area contributed by atoms with E-state index in [1.54, 1.807) is 0 Å². The van der Waals surface area contributed by atoms with Crippen molar-refractivity contribution in [2.75, 3.05) is 0 Å². The minimum absolute atomic E-state index is 0.104. The van der Waals surface area contributed by atoms with Crippen LogP contribution in [0.4, 0.5) is 0 Å². The molecule has 6 heteroatoms. The first-order valence-electron chi connectivity index (χ1n) is 3.35. The van der Waals surface area contributed by atoms with E-state index in [2.05, 4.69) is 0 Å². The fraction of sp³-hybridized carbons (Fsp3) is 0. The molecule has 1 aliphatic rings. The molecule has 1 rings (SSSR count). The lowest BCUT2D eigenvalue weighted by molar-refractivity contribution is -0.647. The molecule has 0 atom stereocenters. The van der Waals surface area contributed by atoms with Gasteiger partial charge in [-0.15, -0.1) is 0 Å². The van der Waals surface area contributed by atoms with Crippen molar-refractivity contribution in [3.63, 3.8) is 0 Å². The minimum atomic E-state index is -0.568. The molecule has 0 aromatic carbocycles. The van der Waals surface area contributed by atoms with E-state index < -0.39 is 5.06 Å². The number of nitriles is 4. The molecular formula is C8HN5O. The fourth-order valence-corrected chi connectivity index (χ4v) is 0.921. The summed E-state index contributed by atoms with van der Waals surface area (Å²) in [6.45, 7) is 0. The van der Waals surface area contributed by atoms with Crippen LogP contribution in [0, 0.1) is 50.5 Å². The Hall–Kier alpha value is -2.64. The molecule has 1 N–H and O–H groups in total. The maximum absolute atomic E-state index is 11.0. The van der Waals surface area contributed by atoms with Crippen molar-refractivity contribution in [3.05, 3.63) is 27.7 Å². The molecule has 0 aliphatic carbocycles. The standard InChI is InChI=1S/C8HN5O/c9-1-5(2-10)7-8(13(7)14)6(3-11)4-12/h13H. The summed E-state index contributed by atoms with van der Waals surface area (Å²) in [6, 6.07) is 6.09. The van der Waals surface area contributed by atoms with Gasteiger partial charge in [0.2, 0.25) is 11.4 Å². The van der Waals surface area contributed by atoms with E-state index in [-0.39, 0.29) is 22.5 Å². The first kappa shape index (κ1) is 9.45. The summed E-state index contributed by atoms with van der Waals surface area (Å²) in [4.78, 5) is 0. The van der Waals surface area contributed by atoms with Gasteiger partial charge in [0, 0.05) is 0 Å². The Morgan fingerprint density at radius 1 is 0.857 bits per heavy atom. The molecule has 0 aromatic heterocycles. The molecule has 1 aliphatic heterocycles. The third-order valence-electron chi connectivity index (χ3n) is 1.59. The average molecular weight is 183 g/mol. The maximum Gasteiger partial charge on any atom is 0.229 e. The lowest BCUT2D eigenvalue weighted by Gasteiger charge is -1.87. The Balaban J connectivity index is 3.33. The topological polar surface area (TPSA) is 123 Å². The van der Waals surface area contributed by atoms with Crippen LogP contribution in [-0.2, 0) is 0 Å². The monoisotopic (exact) mass is 183 g/mol. The van der Waals surface area contributed by atoms with Crippen molar-refractivity contribution in [2.24, 2.45) is 0 Å². The summed E-state index contributed by atoms with van der Waals surface area (Å²) in [5.41, 5.74) is -0.915. The Labute approximate surface area is 79.0 Å². The molecule has 0 radical (unpaired) electrons. The van der Waals surface area contributed by atoms with E-state index in [0.29, 0.717) is 0 Å². The van der Waals surface area contributed by atoms with Crippen LogP contribution in [0.25, 0.3) is 0 Å². The van der Waals surface area contributed by atoms with Gasteiger partial charge in [-0.25, -0.2) is 0 Å². The van der Waals surface area contributed by atoms with E-state index in [0.717, 1.165) is 0 Å². The zero-order chi connectivity index (χ0) is 10.7. The highest BCUT2D eigenvalue weighted by atomic mass is 16.5. The summed E-state index contributed by atoms with van der Waals surface area (Å²) in [6.07, 6.45) is 0. The van der Waals surface area contributed by atoms with Crippen LogP contribution < -0.4 is 5.06 Å². The van der Waals surface area contributed by atoms with Crippen molar-refractivity contribution in [1.29, 1.82) is 21.0 Å². The fourth-order valence-electron chi connectivity index (χ4n) is 0.921. The summed E-state index contributed by atoms with van der Waals surface area (Å²) in [5.74, 6) is 0. The number of allylic oxidation sites excluding steroid dienone is 2. The molecule has 14 heavy (non-hydrogen) atoms. The quantitative estimate of drug-likeness (QED) is 0.292. The zero-order valence-electron chi connectivity index (χ0n) is 6.70. The molecule has 1 fully saturated rings. The summed E-state index contributed by atoms with van der Waals surface area (Å²) < 4.78 is 0. The van der Waals surface area contributed by atoms with Gasteiger partial charge >= 0.3 is 0 Å². The predicted octanol–water partition coefficient (Wildman–Crippen LogP) is -1.01. The van der Waals surface area contributed by atoms with E-state index in [1.807, 2.05) is 0 Å². The maximum atomic E-state index is 11.0. The molecule has 1 saturated heterocycles. The predicted molar refractivity (Wildman–Crippen MR) is 40.8 cm³/mol. The first-order chi connectivity index (χ1) is 6.71. The highest BCUT2D eigenvalue weighted by Gasteiger charge is 2.44. The van der Waals surface area contributed by atoms with Crippen LogP contribution in [0.1, 0.15) is 0 Å². The number of nitrogens with zero attached hydrogens (tertiary/aromatic N) is 4. The Morgan fingerprint density at radius 3 is 1.36 bits per heavy atom. The molecule has 0 saturated carbocycles. The molecule has 0 unspecified atom stereocenters. The zero-order valence-corrected chi connectivity index (χ0v) is 6.70. The average Bonchev–Trinajstić information content (AvgIpc) is 2.83. The Bertz CT molecular complexity index is 434. The first-order valence-corrected chi connectivity index (χ1v) is 3.35. The molecule has 6 nitrogen and oxygen atoms in total. The highest BCUT2D eigenvalue weighted by Crippen LogP contribution is 2.19. The van der Waals surface area contributed by atoms with Crippen LogP contribution in [0.3, 0.4) is 0 Å². The van der Waals surface area contributed by atoms with E-state index in [4.69, 9.17) is 21.0 Å². The lowest BCUT2D eigenvalue weighted by Crippen LogP contribution is -2.83. The van der Waals surface area contributed by atoms with E-state index in [9.17, 15) is 5.21 Å². The second kappa shape index (κ2) is 3.39. The van der Waals surface area contributed by atoms with Crippen LogP contribution in [0.2, 0.25) is 0 Å². The number of hydrogen-bond donors (Lipinski definition) is 1. The van der Waals surface area contributed by atoms with Gasteiger partial charge in [0.15, 0.2) is 11.1 Å². The molecule has 0 spiro atoms. The summed E-state index contributed by atoms with van der Waals surface area (Å²) in [5, 5.41) is 44.2. The van der Waals surface area contributed by atoms with Crippen molar-refractivity contribution < 1.29 is 5.06 Å². The second-order valence-electron chi connectivity index (χ2n) is 2.28. The molecule has 64 valence electrons. The van der Waals surface area contributed by atoms with Gasteiger partial charge in [-0.3, -0.25) is 5.06 Å². The minimum Gasteiger partial charge on any atom is -0.623 e. The van der Waals surface area contributed by atoms with Gasteiger partial charge in [0.05, 0.1) is 0 Å². The molecule has 1 heterocycles. The number of hydroxylamine groups is 2. The highest BCUT2D eigenvalue weighted by molar-refractivity contribution is 5.56. The summed E-state index contributed by atoms with van der Waals surface area (Å²) >= 11 is 0. The summed E-state index contributed by atoms with van der Waals surface area (Å²) in [7, 11) is 0. The van der Waals surface area contributed by atoms with Crippen molar-refractivity contribution in [3.8, 4) is 24.3 Å². The van der Waals surface area contributed by atoms with Crippen LogP contribution >= 0.6 is 0 Å². The van der Waals surface area contributed by atoms with Gasteiger partial charge in [-0.05, 0) is 0 Å². The molecule has 0 bridgehead atoms. The van der Waals surface area contributed by atoms with Gasteiger partial charge in [-0.2, -0.15) is 21.0 Å². The number of quaternary nitrogens is 1. The van der Waals surface area contributed by atoms with Crippen molar-refractivity contribution in [1.82, 2.24) is 0 Å². The van der Waals surface area contributed by atoms with Crippen LogP contribution in [-0.4, -0.2) is 0 Å². The molecule has 0 amide bonds. The van der Waals surface area contributed by atoms with Crippen molar-refractivity contribution >= 4 is 0 Å². The van der Waals surface area contributed by atoms with Gasteiger partial charge in [0.25, 0.3) is 0 Å². The second-order valence-corrected chi connectivity index (χ2v) is 2.28. The largest absolute Gasteiger partial charge is 0.623 e. The SMILES string of the molecule is N#CC(C#N)=C1C(=C(C#N)C#N)[NH+]1[O-]. The van der Waals surface area contributed by atoms with Crippen LogP contribution in [0.15, 0.2) is 22.5 Å². The normalized spacial score (nSPS) is 17.1.